The summed E-state index contributed by atoms with van der Waals surface area (Å²) in [6, 6.07) is 9.53. The fourth-order valence-electron chi connectivity index (χ4n) is 5.23. The summed E-state index contributed by atoms with van der Waals surface area (Å²) in [6.07, 6.45) is 1.74. The van der Waals surface area contributed by atoms with Crippen LogP contribution in [-0.2, 0) is 14.3 Å². The molecule has 2 aromatic carbocycles. The highest BCUT2D eigenvalue weighted by Crippen LogP contribution is 2.36. The zero-order chi connectivity index (χ0) is 30.2. The first kappa shape index (κ1) is 30.5. The Hall–Kier alpha value is -4.41. The zero-order valence-corrected chi connectivity index (χ0v) is 23.3. The first-order valence-electron chi connectivity index (χ1n) is 13.5. The predicted molar refractivity (Wildman–Crippen MR) is 149 cm³/mol. The number of ether oxygens (including phenoxy) is 2. The largest absolute Gasteiger partial charge is 0.468 e. The quantitative estimate of drug-likeness (QED) is 0.340. The van der Waals surface area contributed by atoms with Gasteiger partial charge >= 0.3 is 18.0 Å². The number of imide groups is 1. The summed E-state index contributed by atoms with van der Waals surface area (Å²) in [4.78, 5) is 46.0. The number of urea groups is 2. The first-order valence-corrected chi connectivity index (χ1v) is 13.5. The third-order valence-corrected chi connectivity index (χ3v) is 7.34. The number of nitrogens with zero attached hydrogens (tertiary/aromatic N) is 4. The molecule has 2 N–H and O–H groups in total. The molecule has 2 heterocycles. The second-order valence-electron chi connectivity index (χ2n) is 9.91. The van der Waals surface area contributed by atoms with Crippen molar-refractivity contribution in [3.8, 4) is 6.07 Å². The normalized spacial score (nSPS) is 19.2. The van der Waals surface area contributed by atoms with Crippen molar-refractivity contribution >= 4 is 29.4 Å². The van der Waals surface area contributed by atoms with Gasteiger partial charge in [0.25, 0.3) is 0 Å². The van der Waals surface area contributed by atoms with E-state index in [0.29, 0.717) is 12.1 Å². The van der Waals surface area contributed by atoms with Gasteiger partial charge in [0, 0.05) is 45.0 Å². The van der Waals surface area contributed by atoms with Crippen molar-refractivity contribution in [3.05, 3.63) is 65.2 Å². The number of rotatable bonds is 9. The maximum Gasteiger partial charge on any atom is 0.352 e. The summed E-state index contributed by atoms with van der Waals surface area (Å²) in [5.41, 5.74) is 1.69. The lowest BCUT2D eigenvalue weighted by molar-refractivity contribution is -0.144. The van der Waals surface area contributed by atoms with Crippen LogP contribution in [-0.4, -0.2) is 81.7 Å². The van der Waals surface area contributed by atoms with Crippen LogP contribution >= 0.6 is 0 Å². The van der Waals surface area contributed by atoms with Crippen LogP contribution in [0.5, 0.6) is 0 Å². The maximum absolute atomic E-state index is 14.2. The Labute approximate surface area is 242 Å². The fraction of sp³-hybridized carbons (Fsp3) is 0.414. The van der Waals surface area contributed by atoms with Crippen molar-refractivity contribution in [1.82, 2.24) is 15.5 Å². The van der Waals surface area contributed by atoms with Crippen LogP contribution in [0.15, 0.2) is 47.5 Å². The van der Waals surface area contributed by atoms with Gasteiger partial charge in [-0.2, -0.15) is 10.3 Å². The van der Waals surface area contributed by atoms with E-state index >= 15 is 0 Å². The van der Waals surface area contributed by atoms with Gasteiger partial charge in [-0.25, -0.2) is 23.3 Å². The third kappa shape index (κ3) is 6.89. The number of piperidine rings is 1. The van der Waals surface area contributed by atoms with Gasteiger partial charge in [0.05, 0.1) is 37.1 Å². The number of carbonyl (C=O) groups is 3. The summed E-state index contributed by atoms with van der Waals surface area (Å²) >= 11 is 0. The number of aliphatic imine (C=N–C) groups is 1. The highest BCUT2D eigenvalue weighted by Gasteiger charge is 2.47. The average Bonchev–Trinajstić information content (AvgIpc) is 3.00. The Morgan fingerprint density at radius 2 is 1.79 bits per heavy atom. The molecule has 2 atom stereocenters. The minimum Gasteiger partial charge on any atom is -0.468 e. The number of nitrogens with one attached hydrogen (secondary N) is 2. The van der Waals surface area contributed by atoms with Gasteiger partial charge in [-0.1, -0.05) is 6.07 Å². The van der Waals surface area contributed by atoms with Crippen molar-refractivity contribution in [1.29, 1.82) is 5.26 Å². The Morgan fingerprint density at radius 1 is 1.07 bits per heavy atom. The lowest BCUT2D eigenvalue weighted by Crippen LogP contribution is -2.54. The molecular formula is C29H32F2N6O5. The number of halogens is 2. The van der Waals surface area contributed by atoms with Crippen molar-refractivity contribution < 1.29 is 32.6 Å². The van der Waals surface area contributed by atoms with Crippen molar-refractivity contribution in [2.24, 2.45) is 10.9 Å². The van der Waals surface area contributed by atoms with E-state index in [1.807, 2.05) is 12.1 Å². The number of esters is 1. The van der Waals surface area contributed by atoms with E-state index in [9.17, 15) is 23.2 Å². The fourth-order valence-corrected chi connectivity index (χ4v) is 5.23. The molecule has 1 fully saturated rings. The van der Waals surface area contributed by atoms with Gasteiger partial charge < -0.3 is 25.0 Å². The van der Waals surface area contributed by atoms with E-state index < -0.39 is 41.6 Å². The van der Waals surface area contributed by atoms with Gasteiger partial charge in [0.15, 0.2) is 11.6 Å². The van der Waals surface area contributed by atoms with Crippen LogP contribution in [0.1, 0.15) is 30.0 Å². The van der Waals surface area contributed by atoms with Crippen LogP contribution in [0, 0.1) is 28.9 Å². The maximum atomic E-state index is 14.2. The number of benzene rings is 2. The SMILES string of the molecule is COCC1=NC(=O)N(C(=O)NCCNC2CCN(c3ccc(C#N)cc3)CC2)C(c2ccc(F)c(F)c2)C1C(=O)OC. The Kier molecular flexibility index (Phi) is 10.2. The lowest BCUT2D eigenvalue weighted by Gasteiger charge is -2.37. The van der Waals surface area contributed by atoms with Gasteiger partial charge in [-0.05, 0) is 54.8 Å². The number of nitriles is 1. The number of amides is 4. The summed E-state index contributed by atoms with van der Waals surface area (Å²) in [6.45, 7) is 2.00. The molecule has 0 radical (unpaired) electrons. The van der Waals surface area contributed by atoms with Crippen LogP contribution in [0.3, 0.4) is 0 Å². The lowest BCUT2D eigenvalue weighted by atomic mass is 9.86. The van der Waals surface area contributed by atoms with Crippen molar-refractivity contribution in [3.63, 3.8) is 0 Å². The number of methoxy groups -OCH3 is 2. The van der Waals surface area contributed by atoms with Crippen molar-refractivity contribution in [2.45, 2.75) is 24.9 Å². The average molecular weight is 583 g/mol. The Morgan fingerprint density at radius 3 is 2.40 bits per heavy atom. The molecule has 2 unspecified atom stereocenters. The molecule has 0 bridgehead atoms. The standard InChI is InChI=1S/C29H32F2N6O5/c1-41-17-24-25(27(38)42-2)26(19-5-8-22(30)23(31)15-19)37(29(40)35-24)28(39)34-12-11-33-20-9-13-36(14-10-20)21-6-3-18(16-32)4-7-21/h3-8,15,20,25-26,33H,9-14,17H2,1-2H3,(H,34,39). The molecule has 4 amide bonds. The zero-order valence-electron chi connectivity index (χ0n) is 23.3. The summed E-state index contributed by atoms with van der Waals surface area (Å²) in [5, 5.41) is 15.0. The molecule has 4 rings (SSSR count). The molecule has 2 aliphatic rings. The molecule has 222 valence electrons. The monoisotopic (exact) mass is 582 g/mol. The van der Waals surface area contributed by atoms with E-state index in [4.69, 9.17) is 14.7 Å². The third-order valence-electron chi connectivity index (χ3n) is 7.34. The number of carbonyl (C=O) groups excluding carboxylic acids is 3. The van der Waals surface area contributed by atoms with Gasteiger partial charge in [0.1, 0.15) is 5.92 Å². The van der Waals surface area contributed by atoms with E-state index in [1.54, 1.807) is 12.1 Å². The minimum atomic E-state index is -1.35. The topological polar surface area (TPSA) is 136 Å². The molecule has 0 aliphatic carbocycles. The van der Waals surface area contributed by atoms with Crippen LogP contribution in [0.2, 0.25) is 0 Å². The van der Waals surface area contributed by atoms with Gasteiger partial charge in [0.2, 0.25) is 0 Å². The molecule has 2 aliphatic heterocycles. The smallest absolute Gasteiger partial charge is 0.352 e. The van der Waals surface area contributed by atoms with Gasteiger partial charge in [-0.3, -0.25) is 4.79 Å². The second kappa shape index (κ2) is 14.0. The minimum absolute atomic E-state index is 0.00199. The van der Waals surface area contributed by atoms with Crippen LogP contribution in [0.4, 0.5) is 24.1 Å². The van der Waals surface area contributed by atoms with E-state index in [0.717, 1.165) is 55.8 Å². The summed E-state index contributed by atoms with van der Waals surface area (Å²) in [7, 11) is 2.48. The number of hydrogen-bond acceptors (Lipinski definition) is 8. The number of anilines is 1. The molecule has 0 spiro atoms. The molecular weight excluding hydrogens is 550 g/mol. The van der Waals surface area contributed by atoms with Crippen LogP contribution < -0.4 is 15.5 Å². The van der Waals surface area contributed by atoms with Crippen LogP contribution in [0.25, 0.3) is 0 Å². The predicted octanol–water partition coefficient (Wildman–Crippen LogP) is 3.16. The highest BCUT2D eigenvalue weighted by molar-refractivity contribution is 6.12. The van der Waals surface area contributed by atoms with E-state index in [-0.39, 0.29) is 30.5 Å². The molecule has 13 heteroatoms. The molecule has 1 saturated heterocycles. The Bertz CT molecular complexity index is 1370. The summed E-state index contributed by atoms with van der Waals surface area (Å²) < 4.78 is 37.9. The van der Waals surface area contributed by atoms with Gasteiger partial charge in [-0.15, -0.1) is 0 Å². The molecule has 0 saturated carbocycles. The van der Waals surface area contributed by atoms with E-state index in [2.05, 4.69) is 26.6 Å². The second-order valence-corrected chi connectivity index (χ2v) is 9.91. The highest BCUT2D eigenvalue weighted by atomic mass is 19.2. The molecule has 2 aromatic rings. The number of hydrogen-bond donors (Lipinski definition) is 2. The van der Waals surface area contributed by atoms with Crippen molar-refractivity contribution in [2.75, 3.05) is 51.9 Å². The Balaban J connectivity index is 1.39. The molecule has 0 aromatic heterocycles. The van der Waals surface area contributed by atoms with E-state index in [1.165, 1.54) is 13.2 Å². The first-order chi connectivity index (χ1) is 20.3. The molecule has 11 nitrogen and oxygen atoms in total. The molecule has 42 heavy (non-hydrogen) atoms. The summed E-state index contributed by atoms with van der Waals surface area (Å²) in [5.74, 6) is -4.43.